The van der Waals surface area contributed by atoms with E-state index in [1.54, 1.807) is 12.1 Å². The minimum atomic E-state index is -4.11. The van der Waals surface area contributed by atoms with E-state index in [2.05, 4.69) is 23.7 Å². The molecule has 162 valence electrons. The number of ether oxygens (including phenoxy) is 1. The summed E-state index contributed by atoms with van der Waals surface area (Å²) in [7, 11) is 0. The van der Waals surface area contributed by atoms with E-state index in [9.17, 15) is 18.0 Å². The fourth-order valence-corrected chi connectivity index (χ4v) is 3.46. The first-order valence-corrected chi connectivity index (χ1v) is 10.3. The molecule has 0 unspecified atom stereocenters. The third-order valence-electron chi connectivity index (χ3n) is 5.24. The molecule has 0 bridgehead atoms. The maximum absolute atomic E-state index is 12.8. The van der Waals surface area contributed by atoms with Crippen LogP contribution in [0.4, 0.5) is 13.2 Å². The van der Waals surface area contributed by atoms with E-state index in [0.29, 0.717) is 48.1 Å². The number of aromatic amines is 1. The van der Waals surface area contributed by atoms with Crippen LogP contribution < -0.4 is 10.2 Å². The molecule has 4 nitrogen and oxygen atoms in total. The van der Waals surface area contributed by atoms with Crippen molar-refractivity contribution in [2.75, 3.05) is 26.2 Å². The Bertz CT molecular complexity index is 842. The molecular weight excluding hydrogens is 381 g/mol. The molecular formula is C22H31F3N2O2. The number of alkyl halides is 3. The number of aromatic nitrogens is 1. The number of hydrogen-bond acceptors (Lipinski definition) is 3. The molecule has 0 spiro atoms. The number of rotatable bonds is 11. The van der Waals surface area contributed by atoms with Gasteiger partial charge in [0.25, 0.3) is 0 Å². The number of H-pyrrole nitrogens is 1. The Labute approximate surface area is 170 Å². The maximum atomic E-state index is 12.8. The van der Waals surface area contributed by atoms with Crippen molar-refractivity contribution in [2.24, 2.45) is 0 Å². The number of hydrogen-bond donors (Lipinski definition) is 1. The van der Waals surface area contributed by atoms with Crippen LogP contribution in [0.25, 0.3) is 10.9 Å². The van der Waals surface area contributed by atoms with Gasteiger partial charge in [-0.1, -0.05) is 20.3 Å². The van der Waals surface area contributed by atoms with Crippen LogP contribution in [0.2, 0.25) is 0 Å². The minimum Gasteiger partial charge on any atom is -0.492 e. The molecule has 0 radical (unpaired) electrons. The zero-order valence-corrected chi connectivity index (χ0v) is 17.5. The van der Waals surface area contributed by atoms with Gasteiger partial charge >= 0.3 is 6.18 Å². The first-order chi connectivity index (χ1) is 13.7. The van der Waals surface area contributed by atoms with Crippen LogP contribution in [0.1, 0.15) is 50.8 Å². The molecule has 0 atom stereocenters. The summed E-state index contributed by atoms with van der Waals surface area (Å²) in [5.41, 5.74) is 2.08. The van der Waals surface area contributed by atoms with Gasteiger partial charge in [-0.25, -0.2) is 0 Å². The SMILES string of the molecule is CCN(CC)CCOc1ccc2c(=O)c(CCCCCC(F)(F)F)c(C)[nH]c2c1. The van der Waals surface area contributed by atoms with Crippen molar-refractivity contribution >= 4 is 10.9 Å². The van der Waals surface area contributed by atoms with E-state index < -0.39 is 12.6 Å². The average molecular weight is 412 g/mol. The van der Waals surface area contributed by atoms with Crippen molar-refractivity contribution in [1.29, 1.82) is 0 Å². The van der Waals surface area contributed by atoms with Gasteiger partial charge in [-0.2, -0.15) is 13.2 Å². The summed E-state index contributed by atoms with van der Waals surface area (Å²) in [6.45, 7) is 9.42. The molecule has 1 N–H and O–H groups in total. The third-order valence-corrected chi connectivity index (χ3v) is 5.24. The zero-order valence-electron chi connectivity index (χ0n) is 17.5. The Balaban J connectivity index is 2.02. The molecule has 1 aromatic carbocycles. The number of benzene rings is 1. The number of likely N-dealkylation sites (N-methyl/N-ethyl adjacent to an activating group) is 1. The van der Waals surface area contributed by atoms with Gasteiger partial charge in [0.05, 0.1) is 5.52 Å². The van der Waals surface area contributed by atoms with Gasteiger partial charge in [0.15, 0.2) is 5.43 Å². The van der Waals surface area contributed by atoms with Crippen molar-refractivity contribution in [3.63, 3.8) is 0 Å². The predicted octanol–water partition coefficient (Wildman–Crippen LogP) is 5.22. The molecule has 0 aliphatic rings. The molecule has 0 aliphatic carbocycles. The zero-order chi connectivity index (χ0) is 21.4. The first-order valence-electron chi connectivity index (χ1n) is 10.3. The van der Waals surface area contributed by atoms with Crippen LogP contribution in [0, 0.1) is 6.92 Å². The number of nitrogens with one attached hydrogen (secondary N) is 1. The predicted molar refractivity (Wildman–Crippen MR) is 111 cm³/mol. The Kier molecular flexibility index (Phi) is 8.56. The van der Waals surface area contributed by atoms with Crippen LogP contribution in [-0.4, -0.2) is 42.3 Å². The lowest BCUT2D eigenvalue weighted by atomic mass is 10.0. The molecule has 0 saturated heterocycles. The van der Waals surface area contributed by atoms with Gasteiger partial charge in [0.1, 0.15) is 12.4 Å². The van der Waals surface area contributed by atoms with Crippen molar-refractivity contribution in [2.45, 2.75) is 59.1 Å². The third kappa shape index (κ3) is 7.07. The van der Waals surface area contributed by atoms with Crippen LogP contribution >= 0.6 is 0 Å². The summed E-state index contributed by atoms with van der Waals surface area (Å²) in [6.07, 6.45) is -3.27. The quantitative estimate of drug-likeness (QED) is 0.515. The number of aryl methyl sites for hydroxylation is 1. The van der Waals surface area contributed by atoms with Crippen molar-refractivity contribution in [3.8, 4) is 5.75 Å². The molecule has 1 aromatic heterocycles. The summed E-state index contributed by atoms with van der Waals surface area (Å²) < 4.78 is 42.5. The molecule has 29 heavy (non-hydrogen) atoms. The number of halogens is 3. The van der Waals surface area contributed by atoms with Crippen LogP contribution in [-0.2, 0) is 6.42 Å². The second-order valence-corrected chi connectivity index (χ2v) is 7.32. The summed E-state index contributed by atoms with van der Waals surface area (Å²) in [5, 5.41) is 0.581. The highest BCUT2D eigenvalue weighted by molar-refractivity contribution is 5.80. The van der Waals surface area contributed by atoms with Crippen LogP contribution in [0.15, 0.2) is 23.0 Å². The molecule has 7 heteroatoms. The lowest BCUT2D eigenvalue weighted by molar-refractivity contribution is -0.135. The second kappa shape index (κ2) is 10.7. The first kappa shape index (κ1) is 23.3. The van der Waals surface area contributed by atoms with Gasteiger partial charge in [0, 0.05) is 35.7 Å². The molecule has 0 amide bonds. The Morgan fingerprint density at radius 1 is 1.10 bits per heavy atom. The second-order valence-electron chi connectivity index (χ2n) is 7.32. The standard InChI is InChI=1S/C22H31F3N2O2/c1-4-27(5-2)13-14-29-17-10-11-19-20(15-17)26-16(3)18(21(19)28)9-7-6-8-12-22(23,24)25/h10-11,15H,4-9,12-14H2,1-3H3,(H,26,28). The number of fused-ring (bicyclic) bond motifs is 1. The number of pyridine rings is 1. The van der Waals surface area contributed by atoms with Crippen molar-refractivity contribution in [1.82, 2.24) is 9.88 Å². The average Bonchev–Trinajstić information content (AvgIpc) is 2.66. The lowest BCUT2D eigenvalue weighted by Crippen LogP contribution is -2.27. The van der Waals surface area contributed by atoms with E-state index in [1.165, 1.54) is 0 Å². The van der Waals surface area contributed by atoms with E-state index >= 15 is 0 Å². The highest BCUT2D eigenvalue weighted by Gasteiger charge is 2.25. The minimum absolute atomic E-state index is 0.0539. The van der Waals surface area contributed by atoms with Crippen LogP contribution in [0.5, 0.6) is 5.75 Å². The molecule has 0 saturated carbocycles. The fourth-order valence-electron chi connectivity index (χ4n) is 3.46. The molecule has 2 aromatic rings. The van der Waals surface area contributed by atoms with E-state index in [-0.39, 0.29) is 11.8 Å². The van der Waals surface area contributed by atoms with Crippen molar-refractivity contribution < 1.29 is 17.9 Å². The van der Waals surface area contributed by atoms with Gasteiger partial charge in [-0.3, -0.25) is 4.79 Å². The van der Waals surface area contributed by atoms with Gasteiger partial charge < -0.3 is 14.6 Å². The Hall–Kier alpha value is -2.02. The molecule has 0 fully saturated rings. The summed E-state index contributed by atoms with van der Waals surface area (Å²) in [6, 6.07) is 5.38. The Morgan fingerprint density at radius 2 is 1.83 bits per heavy atom. The molecule has 0 aliphatic heterocycles. The largest absolute Gasteiger partial charge is 0.492 e. The summed E-state index contributed by atoms with van der Waals surface area (Å²) in [4.78, 5) is 18.3. The van der Waals surface area contributed by atoms with E-state index in [1.807, 2.05) is 13.0 Å². The summed E-state index contributed by atoms with van der Waals surface area (Å²) in [5.74, 6) is 0.708. The lowest BCUT2D eigenvalue weighted by Gasteiger charge is -2.18. The van der Waals surface area contributed by atoms with Gasteiger partial charge in [-0.05, 0) is 51.4 Å². The molecule has 1 heterocycles. The molecule has 2 rings (SSSR count). The van der Waals surface area contributed by atoms with Gasteiger partial charge in [-0.15, -0.1) is 0 Å². The number of unbranched alkanes of at least 4 members (excludes halogenated alkanes) is 2. The monoisotopic (exact) mass is 412 g/mol. The van der Waals surface area contributed by atoms with E-state index in [4.69, 9.17) is 4.74 Å². The number of nitrogens with zero attached hydrogens (tertiary/aromatic N) is 1. The van der Waals surface area contributed by atoms with Crippen LogP contribution in [0.3, 0.4) is 0 Å². The van der Waals surface area contributed by atoms with Crippen molar-refractivity contribution in [3.05, 3.63) is 39.7 Å². The van der Waals surface area contributed by atoms with E-state index in [0.717, 1.165) is 25.3 Å². The fraction of sp³-hybridized carbons (Fsp3) is 0.591. The topological polar surface area (TPSA) is 45.3 Å². The normalized spacial score (nSPS) is 12.1. The maximum Gasteiger partial charge on any atom is 0.389 e. The highest BCUT2D eigenvalue weighted by atomic mass is 19.4. The highest BCUT2D eigenvalue weighted by Crippen LogP contribution is 2.23. The Morgan fingerprint density at radius 3 is 2.48 bits per heavy atom. The smallest absolute Gasteiger partial charge is 0.389 e. The summed E-state index contributed by atoms with van der Waals surface area (Å²) >= 11 is 0. The van der Waals surface area contributed by atoms with Gasteiger partial charge in [0.2, 0.25) is 0 Å².